The van der Waals surface area contributed by atoms with Gasteiger partial charge in [-0.3, -0.25) is 4.79 Å². The molecule has 1 aromatic rings. The molecule has 0 bridgehead atoms. The zero-order valence-corrected chi connectivity index (χ0v) is 10.1. The van der Waals surface area contributed by atoms with E-state index >= 15 is 0 Å². The van der Waals surface area contributed by atoms with Gasteiger partial charge in [-0.05, 0) is 18.4 Å². The van der Waals surface area contributed by atoms with E-state index in [1.165, 1.54) is 12.7 Å². The van der Waals surface area contributed by atoms with Crippen LogP contribution in [0, 0.1) is 0 Å². The van der Waals surface area contributed by atoms with Crippen LogP contribution in [0.2, 0.25) is 0 Å². The van der Waals surface area contributed by atoms with E-state index < -0.39 is 0 Å². The molecule has 1 amide bonds. The van der Waals surface area contributed by atoms with E-state index in [0.717, 1.165) is 12.8 Å². The molecule has 0 aliphatic heterocycles. The highest BCUT2D eigenvalue weighted by molar-refractivity contribution is 5.77. The van der Waals surface area contributed by atoms with Crippen molar-refractivity contribution in [2.24, 2.45) is 0 Å². The summed E-state index contributed by atoms with van der Waals surface area (Å²) in [6.07, 6.45) is 1.55. The van der Waals surface area contributed by atoms with Crippen LogP contribution in [0.1, 0.15) is 12.0 Å². The van der Waals surface area contributed by atoms with Crippen LogP contribution in [-0.4, -0.2) is 37.4 Å². The first-order chi connectivity index (χ1) is 8.26. The molecule has 0 spiro atoms. The number of aliphatic hydroxyl groups is 1. The standard InChI is InChI=1S/C13H19NO3/c1-17-10-13(16)14-12(9-15)8-7-11-5-3-2-4-6-11/h2-6,12,15H,7-10H2,1H3,(H,14,16)/t12-/m0/s1. The number of rotatable bonds is 7. The third-order valence-electron chi connectivity index (χ3n) is 2.49. The summed E-state index contributed by atoms with van der Waals surface area (Å²) in [5.41, 5.74) is 1.20. The smallest absolute Gasteiger partial charge is 0.246 e. The van der Waals surface area contributed by atoms with Gasteiger partial charge in [0.15, 0.2) is 0 Å². The van der Waals surface area contributed by atoms with Crippen molar-refractivity contribution in [3.63, 3.8) is 0 Å². The topological polar surface area (TPSA) is 58.6 Å². The molecule has 0 saturated heterocycles. The lowest BCUT2D eigenvalue weighted by atomic mass is 10.1. The first-order valence-electron chi connectivity index (χ1n) is 5.69. The van der Waals surface area contributed by atoms with Gasteiger partial charge in [0.2, 0.25) is 5.91 Å². The monoisotopic (exact) mass is 237 g/mol. The van der Waals surface area contributed by atoms with Crippen LogP contribution in [0.5, 0.6) is 0 Å². The number of benzene rings is 1. The molecule has 4 heteroatoms. The lowest BCUT2D eigenvalue weighted by molar-refractivity contribution is -0.125. The van der Waals surface area contributed by atoms with Gasteiger partial charge in [-0.2, -0.15) is 0 Å². The van der Waals surface area contributed by atoms with Gasteiger partial charge in [-0.15, -0.1) is 0 Å². The summed E-state index contributed by atoms with van der Waals surface area (Å²) in [5.74, 6) is -0.195. The fourth-order valence-corrected chi connectivity index (χ4v) is 1.60. The summed E-state index contributed by atoms with van der Waals surface area (Å²) in [6.45, 7) is -0.0237. The Morgan fingerprint density at radius 3 is 2.71 bits per heavy atom. The van der Waals surface area contributed by atoms with E-state index in [-0.39, 0.29) is 25.2 Å². The Hall–Kier alpha value is -1.39. The normalized spacial score (nSPS) is 12.1. The number of hydrogen-bond donors (Lipinski definition) is 2. The van der Waals surface area contributed by atoms with E-state index in [9.17, 15) is 4.79 Å². The Labute approximate surface area is 102 Å². The molecule has 4 nitrogen and oxygen atoms in total. The molecular formula is C13H19NO3. The number of amides is 1. The predicted molar refractivity (Wildman–Crippen MR) is 65.7 cm³/mol. The number of ether oxygens (including phenoxy) is 1. The van der Waals surface area contributed by atoms with Crippen LogP contribution in [0.15, 0.2) is 30.3 Å². The van der Waals surface area contributed by atoms with Gasteiger partial charge in [-0.25, -0.2) is 0 Å². The zero-order valence-electron chi connectivity index (χ0n) is 10.1. The fourth-order valence-electron chi connectivity index (χ4n) is 1.60. The van der Waals surface area contributed by atoms with Crippen molar-refractivity contribution in [3.05, 3.63) is 35.9 Å². The third-order valence-corrected chi connectivity index (χ3v) is 2.49. The maximum atomic E-state index is 11.3. The molecule has 0 aliphatic rings. The second-order valence-corrected chi connectivity index (χ2v) is 3.90. The van der Waals surface area contributed by atoms with Gasteiger partial charge in [0.1, 0.15) is 6.61 Å². The number of nitrogens with one attached hydrogen (secondary N) is 1. The van der Waals surface area contributed by atoms with E-state index in [1.54, 1.807) is 0 Å². The average Bonchev–Trinajstić information content (AvgIpc) is 2.36. The molecule has 0 radical (unpaired) electrons. The summed E-state index contributed by atoms with van der Waals surface area (Å²) in [6, 6.07) is 9.78. The first-order valence-corrected chi connectivity index (χ1v) is 5.69. The van der Waals surface area contributed by atoms with Crippen molar-refractivity contribution in [1.82, 2.24) is 5.32 Å². The minimum Gasteiger partial charge on any atom is -0.394 e. The van der Waals surface area contributed by atoms with Crippen LogP contribution in [0.3, 0.4) is 0 Å². The molecule has 1 rings (SSSR count). The maximum absolute atomic E-state index is 11.3. The lowest BCUT2D eigenvalue weighted by Gasteiger charge is -2.15. The Balaban J connectivity index is 2.34. The minimum absolute atomic E-state index is 0.0296. The molecule has 0 aliphatic carbocycles. The zero-order chi connectivity index (χ0) is 12.5. The molecule has 1 atom stereocenters. The summed E-state index contributed by atoms with van der Waals surface area (Å²) in [4.78, 5) is 11.3. The third kappa shape index (κ3) is 5.47. The van der Waals surface area contributed by atoms with Crippen LogP contribution in [0.25, 0.3) is 0 Å². The van der Waals surface area contributed by atoms with Gasteiger partial charge in [0.05, 0.1) is 12.6 Å². The maximum Gasteiger partial charge on any atom is 0.246 e. The Morgan fingerprint density at radius 2 is 2.12 bits per heavy atom. The molecule has 0 heterocycles. The Kier molecular flexibility index (Phi) is 6.29. The van der Waals surface area contributed by atoms with Gasteiger partial charge in [-0.1, -0.05) is 30.3 Å². The fraction of sp³-hybridized carbons (Fsp3) is 0.462. The molecule has 0 saturated carbocycles. The van der Waals surface area contributed by atoms with Gasteiger partial charge in [0, 0.05) is 7.11 Å². The number of carbonyl (C=O) groups is 1. The average molecular weight is 237 g/mol. The number of methoxy groups -OCH3 is 1. The van der Waals surface area contributed by atoms with Crippen LogP contribution >= 0.6 is 0 Å². The van der Waals surface area contributed by atoms with Crippen molar-refractivity contribution >= 4 is 5.91 Å². The van der Waals surface area contributed by atoms with Gasteiger partial charge >= 0.3 is 0 Å². The summed E-state index contributed by atoms with van der Waals surface area (Å²) in [5, 5.41) is 11.9. The van der Waals surface area contributed by atoms with Crippen LogP contribution in [-0.2, 0) is 16.0 Å². The summed E-state index contributed by atoms with van der Waals surface area (Å²) < 4.78 is 4.72. The summed E-state index contributed by atoms with van der Waals surface area (Å²) in [7, 11) is 1.47. The highest BCUT2D eigenvalue weighted by atomic mass is 16.5. The highest BCUT2D eigenvalue weighted by Gasteiger charge is 2.10. The van der Waals surface area contributed by atoms with Crippen molar-refractivity contribution in [2.45, 2.75) is 18.9 Å². The number of carbonyl (C=O) groups excluding carboxylic acids is 1. The predicted octanol–water partition coefficient (Wildman–Crippen LogP) is 0.743. The molecule has 0 aromatic heterocycles. The number of aliphatic hydroxyl groups excluding tert-OH is 1. The molecule has 0 unspecified atom stereocenters. The van der Waals surface area contributed by atoms with E-state index in [2.05, 4.69) is 5.32 Å². The van der Waals surface area contributed by atoms with Gasteiger partial charge in [0.25, 0.3) is 0 Å². The molecule has 17 heavy (non-hydrogen) atoms. The Morgan fingerprint density at radius 1 is 1.41 bits per heavy atom. The van der Waals surface area contributed by atoms with Crippen molar-refractivity contribution in [2.75, 3.05) is 20.3 Å². The molecule has 94 valence electrons. The Bertz CT molecular complexity index is 327. The SMILES string of the molecule is COCC(=O)N[C@H](CO)CCc1ccccc1. The highest BCUT2D eigenvalue weighted by Crippen LogP contribution is 2.04. The largest absolute Gasteiger partial charge is 0.394 e. The second kappa shape index (κ2) is 7.81. The molecule has 1 aromatic carbocycles. The van der Waals surface area contributed by atoms with Crippen molar-refractivity contribution < 1.29 is 14.6 Å². The first kappa shape index (κ1) is 13.7. The van der Waals surface area contributed by atoms with E-state index in [4.69, 9.17) is 9.84 Å². The number of aryl methyl sites for hydroxylation is 1. The van der Waals surface area contributed by atoms with Gasteiger partial charge < -0.3 is 15.2 Å². The number of hydrogen-bond acceptors (Lipinski definition) is 3. The summed E-state index contributed by atoms with van der Waals surface area (Å²) >= 11 is 0. The molecule has 0 fully saturated rings. The minimum atomic E-state index is -0.210. The second-order valence-electron chi connectivity index (χ2n) is 3.90. The van der Waals surface area contributed by atoms with Crippen LogP contribution < -0.4 is 5.32 Å². The quantitative estimate of drug-likeness (QED) is 0.735. The van der Waals surface area contributed by atoms with E-state index in [0.29, 0.717) is 0 Å². The molecular weight excluding hydrogens is 218 g/mol. The lowest BCUT2D eigenvalue weighted by Crippen LogP contribution is -2.39. The molecule has 2 N–H and O–H groups in total. The van der Waals surface area contributed by atoms with Crippen molar-refractivity contribution in [1.29, 1.82) is 0 Å². The van der Waals surface area contributed by atoms with E-state index in [1.807, 2.05) is 30.3 Å². The van der Waals surface area contributed by atoms with Crippen LogP contribution in [0.4, 0.5) is 0 Å². The van der Waals surface area contributed by atoms with Crippen molar-refractivity contribution in [3.8, 4) is 0 Å².